The lowest BCUT2D eigenvalue weighted by Gasteiger charge is -2.23. The lowest BCUT2D eigenvalue weighted by atomic mass is 10.0. The van der Waals surface area contributed by atoms with E-state index >= 15 is 0 Å². The molecule has 2 aromatic carbocycles. The van der Waals surface area contributed by atoms with Crippen LogP contribution in [0.2, 0.25) is 0 Å². The Morgan fingerprint density at radius 2 is 1.61 bits per heavy atom. The van der Waals surface area contributed by atoms with Gasteiger partial charge >= 0.3 is 5.97 Å². The van der Waals surface area contributed by atoms with E-state index in [9.17, 15) is 14.4 Å². The van der Waals surface area contributed by atoms with Crippen molar-refractivity contribution < 1.29 is 19.1 Å². The van der Waals surface area contributed by atoms with E-state index in [2.05, 4.69) is 51.8 Å². The Morgan fingerprint density at radius 1 is 0.932 bits per heavy atom. The lowest BCUT2D eigenvalue weighted by Crippen LogP contribution is -2.55. The van der Waals surface area contributed by atoms with Gasteiger partial charge in [0.05, 0.1) is 6.04 Å². The van der Waals surface area contributed by atoms with Crippen molar-refractivity contribution >= 4 is 28.7 Å². The first kappa shape index (κ1) is 33.2. The third-order valence-electron chi connectivity index (χ3n) is 8.52. The zero-order chi connectivity index (χ0) is 31.3. The summed E-state index contributed by atoms with van der Waals surface area (Å²) >= 11 is 0. The molecular formula is C36H50N4O4. The normalized spacial score (nSPS) is 18.8. The Hall–Kier alpha value is -3.65. The van der Waals surface area contributed by atoms with Crippen LogP contribution in [0.5, 0.6) is 0 Å². The van der Waals surface area contributed by atoms with Gasteiger partial charge in [-0.05, 0) is 56.9 Å². The molecule has 8 nitrogen and oxygen atoms in total. The molecule has 2 amide bonds. The molecule has 3 N–H and O–H groups in total. The molecule has 0 radical (unpaired) electrons. The number of ether oxygens (including phenoxy) is 1. The van der Waals surface area contributed by atoms with Gasteiger partial charge in [-0.1, -0.05) is 86.9 Å². The van der Waals surface area contributed by atoms with Gasteiger partial charge in [-0.25, -0.2) is 0 Å². The number of benzene rings is 2. The monoisotopic (exact) mass is 602 g/mol. The van der Waals surface area contributed by atoms with Crippen LogP contribution in [0.15, 0.2) is 54.7 Å². The highest BCUT2D eigenvalue weighted by atomic mass is 16.5. The van der Waals surface area contributed by atoms with Crippen LogP contribution in [0.25, 0.3) is 10.9 Å². The van der Waals surface area contributed by atoms with Gasteiger partial charge in [-0.2, -0.15) is 0 Å². The van der Waals surface area contributed by atoms with Gasteiger partial charge in [0, 0.05) is 36.6 Å². The van der Waals surface area contributed by atoms with Crippen LogP contribution >= 0.6 is 0 Å². The van der Waals surface area contributed by atoms with Crippen molar-refractivity contribution in [3.8, 4) is 0 Å². The molecule has 238 valence electrons. The highest BCUT2D eigenvalue weighted by Crippen LogP contribution is 2.25. The van der Waals surface area contributed by atoms with Crippen LogP contribution in [-0.4, -0.2) is 47.0 Å². The zero-order valence-electron chi connectivity index (χ0n) is 26.7. The summed E-state index contributed by atoms with van der Waals surface area (Å²) < 4.78 is 7.74. The smallest absolute Gasteiger partial charge is 0.323 e. The van der Waals surface area contributed by atoms with Crippen molar-refractivity contribution in [2.24, 2.45) is 0 Å². The van der Waals surface area contributed by atoms with Crippen LogP contribution in [0.1, 0.15) is 88.3 Å². The number of aromatic nitrogens is 1. The largest absolute Gasteiger partial charge is 0.460 e. The predicted molar refractivity (Wildman–Crippen MR) is 175 cm³/mol. The number of hydrogen-bond acceptors (Lipinski definition) is 5. The minimum absolute atomic E-state index is 0.168. The number of rotatable bonds is 7. The molecule has 0 saturated carbocycles. The van der Waals surface area contributed by atoms with E-state index in [-0.39, 0.29) is 18.4 Å². The molecule has 44 heavy (non-hydrogen) atoms. The summed E-state index contributed by atoms with van der Waals surface area (Å²) in [4.78, 5) is 39.5. The second-order valence-corrected chi connectivity index (χ2v) is 12.3. The topological polar surface area (TPSA) is 101 Å². The molecule has 3 atom stereocenters. The molecule has 0 fully saturated rings. The molecule has 1 aliphatic heterocycles. The van der Waals surface area contributed by atoms with Gasteiger partial charge in [0.1, 0.15) is 18.7 Å². The number of carbonyl (C=O) groups is 3. The van der Waals surface area contributed by atoms with Gasteiger partial charge in [-0.3, -0.25) is 19.7 Å². The van der Waals surface area contributed by atoms with Gasteiger partial charge in [-0.15, -0.1) is 0 Å². The van der Waals surface area contributed by atoms with E-state index in [1.165, 1.54) is 38.5 Å². The summed E-state index contributed by atoms with van der Waals surface area (Å²) in [6, 6.07) is 13.8. The summed E-state index contributed by atoms with van der Waals surface area (Å²) in [5.41, 5.74) is 4.26. The first-order valence-corrected chi connectivity index (χ1v) is 16.4. The third-order valence-corrected chi connectivity index (χ3v) is 8.52. The fourth-order valence-electron chi connectivity index (χ4n) is 5.91. The molecular weight excluding hydrogens is 552 g/mol. The van der Waals surface area contributed by atoms with Crippen LogP contribution in [0.4, 0.5) is 0 Å². The molecule has 0 spiro atoms. The summed E-state index contributed by atoms with van der Waals surface area (Å²) in [5, 5.41) is 10.2. The molecule has 3 unspecified atom stereocenters. The van der Waals surface area contributed by atoms with Gasteiger partial charge in [0.25, 0.3) is 0 Å². The summed E-state index contributed by atoms with van der Waals surface area (Å²) in [5.74, 6) is -0.962. The molecule has 3 aromatic rings. The van der Waals surface area contributed by atoms with E-state index < -0.39 is 24.1 Å². The standard InChI is InChI=1S/C36H50N4O4/c1-26-18-19-33-31(22-26)30-23-32(35(42)37-20-14-9-7-5-4-6-8-10-15-21-40(33)24-30)39-34(41)27(2)38-28(3)36(43)44-25-29-16-12-11-13-17-29/h11-13,16-19,22,24,27-28,32,38H,4-10,14-15,20-21,23,25H2,1-3H3,(H,37,42)(H,39,41). The van der Waals surface area contributed by atoms with E-state index in [0.29, 0.717) is 13.0 Å². The maximum absolute atomic E-state index is 13.5. The molecule has 4 rings (SSSR count). The number of esters is 1. The highest BCUT2D eigenvalue weighted by Gasteiger charge is 2.27. The Balaban J connectivity index is 1.46. The Morgan fingerprint density at radius 3 is 2.34 bits per heavy atom. The lowest BCUT2D eigenvalue weighted by molar-refractivity contribution is -0.147. The molecule has 1 aromatic heterocycles. The minimum atomic E-state index is -0.745. The van der Waals surface area contributed by atoms with E-state index in [0.717, 1.165) is 53.4 Å². The van der Waals surface area contributed by atoms with Crippen LogP contribution in [0.3, 0.4) is 0 Å². The number of nitrogens with one attached hydrogen (secondary N) is 3. The molecule has 0 saturated heterocycles. The minimum Gasteiger partial charge on any atom is -0.460 e. The van der Waals surface area contributed by atoms with E-state index in [1.807, 2.05) is 30.3 Å². The molecule has 1 aliphatic rings. The fraction of sp³-hybridized carbons (Fsp3) is 0.528. The number of hydrogen-bond donors (Lipinski definition) is 3. The maximum Gasteiger partial charge on any atom is 0.323 e. The Kier molecular flexibility index (Phi) is 12.8. The van der Waals surface area contributed by atoms with Crippen molar-refractivity contribution in [3.05, 3.63) is 71.4 Å². The third kappa shape index (κ3) is 9.94. The average Bonchev–Trinajstić information content (AvgIpc) is 3.35. The number of nitrogens with zero attached hydrogens (tertiary/aromatic N) is 1. The van der Waals surface area contributed by atoms with E-state index in [1.54, 1.807) is 13.8 Å². The molecule has 8 heteroatoms. The SMILES string of the molecule is Cc1ccc2c(c1)c1cn2CCCCCCCCCCCNC(=O)C(NC(=O)C(C)NC(C)C(=O)OCc2ccccc2)C1. The van der Waals surface area contributed by atoms with Crippen molar-refractivity contribution in [1.82, 2.24) is 20.5 Å². The zero-order valence-corrected chi connectivity index (χ0v) is 26.7. The number of amides is 2. The Bertz CT molecular complexity index is 1370. The maximum atomic E-state index is 13.5. The molecule has 0 aliphatic carbocycles. The van der Waals surface area contributed by atoms with Crippen LogP contribution < -0.4 is 16.0 Å². The van der Waals surface area contributed by atoms with Crippen molar-refractivity contribution in [2.75, 3.05) is 6.54 Å². The van der Waals surface area contributed by atoms with Gasteiger partial charge in [0.15, 0.2) is 0 Å². The quantitative estimate of drug-likeness (QED) is 0.300. The Labute approximate surface area is 262 Å². The van der Waals surface area contributed by atoms with Crippen molar-refractivity contribution in [3.63, 3.8) is 0 Å². The van der Waals surface area contributed by atoms with Crippen molar-refractivity contribution in [1.29, 1.82) is 0 Å². The molecule has 2 bridgehead atoms. The van der Waals surface area contributed by atoms with Crippen molar-refractivity contribution in [2.45, 2.75) is 116 Å². The summed E-state index contributed by atoms with van der Waals surface area (Å²) in [6.07, 6.45) is 13.1. The number of aryl methyl sites for hydroxylation is 2. The number of fused-ring (bicyclic) bond motifs is 5. The first-order valence-electron chi connectivity index (χ1n) is 16.4. The van der Waals surface area contributed by atoms with Crippen LogP contribution in [-0.2, 0) is 38.7 Å². The number of carbonyl (C=O) groups excluding carboxylic acids is 3. The van der Waals surface area contributed by atoms with E-state index in [4.69, 9.17) is 4.74 Å². The summed E-state index contributed by atoms with van der Waals surface area (Å²) in [7, 11) is 0. The predicted octanol–water partition coefficient (Wildman–Crippen LogP) is 5.73. The van der Waals surface area contributed by atoms with Gasteiger partial charge < -0.3 is 19.9 Å². The van der Waals surface area contributed by atoms with Gasteiger partial charge in [0.2, 0.25) is 11.8 Å². The summed E-state index contributed by atoms with van der Waals surface area (Å²) in [6.45, 7) is 7.14. The van der Waals surface area contributed by atoms with Crippen LogP contribution in [0, 0.1) is 6.92 Å². The second kappa shape index (κ2) is 17.0. The fourth-order valence-corrected chi connectivity index (χ4v) is 5.91. The average molecular weight is 603 g/mol. The second-order valence-electron chi connectivity index (χ2n) is 12.3. The highest BCUT2D eigenvalue weighted by molar-refractivity contribution is 5.91. The first-order chi connectivity index (χ1) is 21.3. The molecule has 2 heterocycles.